The zero-order valence-corrected chi connectivity index (χ0v) is 23.5. The van der Waals surface area contributed by atoms with Crippen LogP contribution < -0.4 is 10.6 Å². The summed E-state index contributed by atoms with van der Waals surface area (Å²) in [5.74, 6) is 11.0. The Balaban J connectivity index is 2.20. The van der Waals surface area contributed by atoms with Gasteiger partial charge < -0.3 is 14.2 Å². The van der Waals surface area contributed by atoms with Gasteiger partial charge in [-0.1, -0.05) is 42.3 Å². The van der Waals surface area contributed by atoms with Gasteiger partial charge >= 0.3 is 11.9 Å². The maximum Gasteiger partial charge on any atom is 0.384 e. The molecular formula is C31H40N2O5. The number of piperidine rings is 1. The zero-order valence-electron chi connectivity index (χ0n) is 23.5. The topological polar surface area (TPSA) is 91.1 Å². The van der Waals surface area contributed by atoms with Gasteiger partial charge in [-0.2, -0.15) is 0 Å². The number of carbonyl (C=O) groups excluding carboxylic acids is 2. The Labute approximate surface area is 226 Å². The third kappa shape index (κ3) is 6.94. The van der Waals surface area contributed by atoms with Gasteiger partial charge in [-0.3, -0.25) is 10.6 Å². The van der Waals surface area contributed by atoms with Crippen molar-refractivity contribution in [1.82, 2.24) is 5.01 Å². The molecule has 1 fully saturated rings. The van der Waals surface area contributed by atoms with E-state index in [1.807, 2.05) is 88.2 Å². The molecule has 0 aliphatic carbocycles. The molecule has 2 aromatic carbocycles. The molecule has 0 radical (unpaired) electrons. The summed E-state index contributed by atoms with van der Waals surface area (Å²) in [6, 6.07) is 15.6. The second-order valence-corrected chi connectivity index (χ2v) is 11.2. The molecule has 2 aromatic rings. The van der Waals surface area contributed by atoms with Crippen molar-refractivity contribution in [2.75, 3.05) is 20.8 Å². The number of esters is 2. The lowest BCUT2D eigenvalue weighted by Crippen LogP contribution is -2.47. The Bertz CT molecular complexity index is 1190. The van der Waals surface area contributed by atoms with E-state index in [0.717, 1.165) is 30.5 Å². The summed E-state index contributed by atoms with van der Waals surface area (Å²) >= 11 is 0. The van der Waals surface area contributed by atoms with Gasteiger partial charge in [0.15, 0.2) is 0 Å². The van der Waals surface area contributed by atoms with E-state index >= 15 is 0 Å². The minimum atomic E-state index is -0.695. The van der Waals surface area contributed by atoms with Crippen LogP contribution in [0.3, 0.4) is 0 Å². The number of methoxy groups -OCH3 is 2. The molecule has 1 aliphatic rings. The van der Waals surface area contributed by atoms with E-state index in [9.17, 15) is 9.59 Å². The Morgan fingerprint density at radius 3 is 2.34 bits per heavy atom. The Kier molecular flexibility index (Phi) is 9.24. The van der Waals surface area contributed by atoms with Gasteiger partial charge in [0, 0.05) is 18.0 Å². The molecule has 0 spiro atoms. The van der Waals surface area contributed by atoms with Crippen LogP contribution in [-0.2, 0) is 24.5 Å². The molecule has 0 amide bonds. The fraction of sp³-hybridized carbons (Fsp3) is 0.484. The van der Waals surface area contributed by atoms with Gasteiger partial charge in [-0.15, -0.1) is 0 Å². The molecule has 38 heavy (non-hydrogen) atoms. The van der Waals surface area contributed by atoms with Crippen LogP contribution >= 0.6 is 0 Å². The number of nitrogens with zero attached hydrogens (tertiary/aromatic N) is 1. The first-order valence-electron chi connectivity index (χ1n) is 13.0. The molecule has 3 atom stereocenters. The van der Waals surface area contributed by atoms with E-state index in [-0.39, 0.29) is 17.9 Å². The van der Waals surface area contributed by atoms with Crippen LogP contribution in [0.4, 0.5) is 0 Å². The van der Waals surface area contributed by atoms with E-state index in [4.69, 9.17) is 20.1 Å². The normalized spacial score (nSPS) is 19.1. The van der Waals surface area contributed by atoms with Gasteiger partial charge in [-0.05, 0) is 76.6 Å². The first-order chi connectivity index (χ1) is 17.9. The van der Waals surface area contributed by atoms with Crippen LogP contribution in [0.15, 0.2) is 48.5 Å². The molecule has 2 N–H and O–H groups in total. The monoisotopic (exact) mass is 520 g/mol. The average Bonchev–Trinajstić information content (AvgIpc) is 2.87. The number of benzene rings is 2. The number of rotatable bonds is 6. The Morgan fingerprint density at radius 2 is 1.74 bits per heavy atom. The maximum absolute atomic E-state index is 14.0. The third-order valence-electron chi connectivity index (χ3n) is 6.90. The summed E-state index contributed by atoms with van der Waals surface area (Å²) in [6.45, 7) is 10.2. The second kappa shape index (κ2) is 12.0. The molecule has 7 heteroatoms. The Morgan fingerprint density at radius 1 is 1.05 bits per heavy atom. The van der Waals surface area contributed by atoms with Gasteiger partial charge in [0.05, 0.1) is 31.6 Å². The van der Waals surface area contributed by atoms with Gasteiger partial charge in [0.25, 0.3) is 0 Å². The number of hydrogen-bond donors (Lipinski definition) is 1. The van der Waals surface area contributed by atoms with Crippen LogP contribution in [0.2, 0.25) is 0 Å². The van der Waals surface area contributed by atoms with E-state index < -0.39 is 22.9 Å². The fourth-order valence-electron chi connectivity index (χ4n) is 5.08. The van der Waals surface area contributed by atoms with Crippen LogP contribution in [0.25, 0.3) is 0 Å². The largest absolute Gasteiger partial charge is 0.496 e. The summed E-state index contributed by atoms with van der Waals surface area (Å²) in [4.78, 5) is 25.7. The van der Waals surface area contributed by atoms with Crippen molar-refractivity contribution >= 4 is 11.9 Å². The molecular weight excluding hydrogens is 480 g/mol. The molecule has 3 rings (SSSR count). The summed E-state index contributed by atoms with van der Waals surface area (Å²) in [7, 11) is 2.90. The van der Waals surface area contributed by atoms with Crippen LogP contribution in [0.5, 0.6) is 5.75 Å². The number of hydrazine groups is 1. The smallest absolute Gasteiger partial charge is 0.384 e. The summed E-state index contributed by atoms with van der Waals surface area (Å²) in [5, 5.41) is 1.84. The minimum absolute atomic E-state index is 0.167. The number of hydrogen-bond acceptors (Lipinski definition) is 7. The molecule has 0 saturated carbocycles. The molecule has 0 bridgehead atoms. The summed E-state index contributed by atoms with van der Waals surface area (Å²) in [5.41, 5.74) is 1.24. The molecule has 7 nitrogen and oxygen atoms in total. The van der Waals surface area contributed by atoms with E-state index in [1.54, 1.807) is 7.11 Å². The number of carbonyl (C=O) groups is 2. The zero-order chi connectivity index (χ0) is 28.1. The predicted octanol–water partition coefficient (Wildman–Crippen LogP) is 4.90. The highest BCUT2D eigenvalue weighted by atomic mass is 16.6. The van der Waals surface area contributed by atoms with Crippen molar-refractivity contribution < 1.29 is 23.8 Å². The van der Waals surface area contributed by atoms with Crippen molar-refractivity contribution in [3.05, 3.63) is 65.2 Å². The maximum atomic E-state index is 14.0. The average molecular weight is 521 g/mol. The van der Waals surface area contributed by atoms with E-state index in [0.29, 0.717) is 11.3 Å². The number of nitrogens with two attached hydrogens (primary N) is 1. The molecule has 204 valence electrons. The van der Waals surface area contributed by atoms with Gasteiger partial charge in [-0.25, -0.2) is 9.80 Å². The number of ether oxygens (including phenoxy) is 3. The first kappa shape index (κ1) is 29.2. The highest BCUT2D eigenvalue weighted by molar-refractivity contribution is 5.88. The standard InChI is InChI=1S/C31H40N2O5/c1-30(2,3)38-29(35)27(23-14-11-19-33(32)28(23)21-12-9-8-10-13-21)24-20-22(15-16-25(24)36-6)31(4,5)18-17-26(34)37-7/h8-10,12-13,15-16,20,23,27-28H,11,14,19,32H2,1-7H3/t23-,27?,28+/m0/s1. The SMILES string of the molecule is COC(=O)C#CC(C)(C)c1ccc(OC)c(C(C(=O)OC(C)(C)C)[C@@H]2CCCN(N)[C@@H]2c2ccccc2)c1. The predicted molar refractivity (Wildman–Crippen MR) is 147 cm³/mol. The fourth-order valence-corrected chi connectivity index (χ4v) is 5.08. The second-order valence-electron chi connectivity index (χ2n) is 11.2. The lowest BCUT2D eigenvalue weighted by Gasteiger charge is -2.43. The van der Waals surface area contributed by atoms with Gasteiger partial charge in [0.2, 0.25) is 0 Å². The van der Waals surface area contributed by atoms with Crippen LogP contribution in [0, 0.1) is 17.8 Å². The third-order valence-corrected chi connectivity index (χ3v) is 6.90. The molecule has 0 aromatic heterocycles. The van der Waals surface area contributed by atoms with Crippen molar-refractivity contribution in [1.29, 1.82) is 0 Å². The lowest BCUT2D eigenvalue weighted by atomic mass is 9.73. The van der Waals surface area contributed by atoms with E-state index in [1.165, 1.54) is 7.11 Å². The van der Waals surface area contributed by atoms with Crippen molar-refractivity contribution in [3.8, 4) is 17.6 Å². The van der Waals surface area contributed by atoms with Crippen LogP contribution in [-0.4, -0.2) is 43.3 Å². The van der Waals surface area contributed by atoms with Crippen molar-refractivity contribution in [2.24, 2.45) is 11.8 Å². The van der Waals surface area contributed by atoms with Crippen molar-refractivity contribution in [2.45, 2.75) is 70.4 Å². The summed E-state index contributed by atoms with van der Waals surface area (Å²) in [6.07, 6.45) is 1.64. The molecule has 1 saturated heterocycles. The molecule has 1 unspecified atom stereocenters. The highest BCUT2D eigenvalue weighted by Crippen LogP contribution is 2.46. The summed E-state index contributed by atoms with van der Waals surface area (Å²) < 4.78 is 16.5. The first-order valence-corrected chi connectivity index (χ1v) is 13.0. The Hall–Kier alpha value is -3.34. The minimum Gasteiger partial charge on any atom is -0.496 e. The van der Waals surface area contributed by atoms with Crippen LogP contribution in [0.1, 0.15) is 76.1 Å². The quantitative estimate of drug-likeness (QED) is 0.251. The molecule has 1 aliphatic heterocycles. The van der Waals surface area contributed by atoms with Gasteiger partial charge in [0.1, 0.15) is 11.4 Å². The lowest BCUT2D eigenvalue weighted by molar-refractivity contribution is -0.159. The van der Waals surface area contributed by atoms with E-state index in [2.05, 4.69) is 11.8 Å². The van der Waals surface area contributed by atoms with Crippen molar-refractivity contribution in [3.63, 3.8) is 0 Å². The highest BCUT2D eigenvalue weighted by Gasteiger charge is 2.43. The molecule has 1 heterocycles.